The Morgan fingerprint density at radius 3 is 3.17 bits per heavy atom. The van der Waals surface area contributed by atoms with Crippen LogP contribution in [-0.4, -0.2) is 22.4 Å². The van der Waals surface area contributed by atoms with Gasteiger partial charge in [-0.1, -0.05) is 12.1 Å². The fraction of sp³-hybridized carbons (Fsp3) is 0.400. The van der Waals surface area contributed by atoms with Gasteiger partial charge in [-0.3, -0.25) is 0 Å². The number of nitrogens with zero attached hydrogens (tertiary/aromatic N) is 2. The number of aryl methyl sites for hydroxylation is 1. The van der Waals surface area contributed by atoms with E-state index in [4.69, 9.17) is 0 Å². The molecule has 0 spiro atoms. The maximum Gasteiger partial charge on any atom is 0.0648 e. The van der Waals surface area contributed by atoms with Crippen LogP contribution in [-0.2, 0) is 6.42 Å². The van der Waals surface area contributed by atoms with Gasteiger partial charge < -0.3 is 5.32 Å². The maximum atomic E-state index is 4.46. The average molecular weight is 241 g/mol. The molecule has 94 valence electrons. The van der Waals surface area contributed by atoms with Gasteiger partial charge >= 0.3 is 0 Å². The molecule has 1 aromatic carbocycles. The Labute approximate surface area is 108 Å². The van der Waals surface area contributed by atoms with Crippen LogP contribution >= 0.6 is 0 Å². The van der Waals surface area contributed by atoms with Crippen molar-refractivity contribution >= 4 is 0 Å². The van der Waals surface area contributed by atoms with E-state index in [1.165, 1.54) is 24.0 Å². The maximum absolute atomic E-state index is 4.46. The smallest absolute Gasteiger partial charge is 0.0648 e. The molecular weight excluding hydrogens is 222 g/mol. The monoisotopic (exact) mass is 241 g/mol. The highest BCUT2D eigenvalue weighted by molar-refractivity contribution is 5.35. The third-order valence-corrected chi connectivity index (χ3v) is 3.55. The summed E-state index contributed by atoms with van der Waals surface area (Å²) in [4.78, 5) is 0. The van der Waals surface area contributed by atoms with Crippen LogP contribution in [0.5, 0.6) is 0 Å². The minimum atomic E-state index is 0.639. The van der Waals surface area contributed by atoms with E-state index >= 15 is 0 Å². The average Bonchev–Trinajstić information content (AvgIpc) is 3.01. The zero-order valence-electron chi connectivity index (χ0n) is 10.8. The number of rotatable bonds is 3. The Hall–Kier alpha value is -1.61. The number of aromatic nitrogens is 2. The van der Waals surface area contributed by atoms with Crippen LogP contribution in [0.2, 0.25) is 0 Å². The molecule has 0 amide bonds. The van der Waals surface area contributed by atoms with Crippen molar-refractivity contribution in [3.05, 3.63) is 47.8 Å². The van der Waals surface area contributed by atoms with Crippen LogP contribution in [0.3, 0.4) is 0 Å². The third-order valence-electron chi connectivity index (χ3n) is 3.55. The lowest BCUT2D eigenvalue weighted by molar-refractivity contribution is 0.603. The van der Waals surface area contributed by atoms with E-state index in [0.29, 0.717) is 6.04 Å². The van der Waals surface area contributed by atoms with E-state index in [1.54, 1.807) is 0 Å². The van der Waals surface area contributed by atoms with Crippen LogP contribution in [0.1, 0.15) is 24.0 Å². The van der Waals surface area contributed by atoms with Gasteiger partial charge in [-0.15, -0.1) is 0 Å². The lowest BCUT2D eigenvalue weighted by Crippen LogP contribution is -2.23. The second-order valence-corrected chi connectivity index (χ2v) is 5.13. The summed E-state index contributed by atoms with van der Waals surface area (Å²) in [6.45, 7) is 3.27. The van der Waals surface area contributed by atoms with Gasteiger partial charge in [-0.2, -0.15) is 5.10 Å². The molecule has 1 N–H and O–H groups in total. The summed E-state index contributed by atoms with van der Waals surface area (Å²) in [7, 11) is 0. The van der Waals surface area contributed by atoms with E-state index in [-0.39, 0.29) is 0 Å². The van der Waals surface area contributed by atoms with E-state index in [2.05, 4.69) is 47.8 Å². The van der Waals surface area contributed by atoms with Gasteiger partial charge in [-0.05, 0) is 56.0 Å². The zero-order valence-corrected chi connectivity index (χ0v) is 10.8. The predicted octanol–water partition coefficient (Wildman–Crippen LogP) is 2.48. The summed E-state index contributed by atoms with van der Waals surface area (Å²) in [6, 6.07) is 9.07. The number of hydrogen-bond donors (Lipinski definition) is 1. The number of hydrogen-bond acceptors (Lipinski definition) is 2. The summed E-state index contributed by atoms with van der Waals surface area (Å²) in [5.41, 5.74) is 3.72. The number of nitrogens with one attached hydrogen (secondary N) is 1. The van der Waals surface area contributed by atoms with E-state index in [0.717, 1.165) is 18.7 Å². The first-order chi connectivity index (χ1) is 8.81. The molecule has 1 atom stereocenters. The molecule has 1 unspecified atom stereocenters. The lowest BCUT2D eigenvalue weighted by Gasteiger charge is -2.07. The van der Waals surface area contributed by atoms with E-state index in [1.807, 2.05) is 10.9 Å². The molecule has 0 aliphatic carbocycles. The normalized spacial score (nSPS) is 19.3. The van der Waals surface area contributed by atoms with Crippen LogP contribution in [0, 0.1) is 6.92 Å². The Morgan fingerprint density at radius 1 is 1.44 bits per heavy atom. The molecule has 1 fully saturated rings. The van der Waals surface area contributed by atoms with Gasteiger partial charge in [0, 0.05) is 12.2 Å². The third kappa shape index (κ3) is 2.46. The predicted molar refractivity (Wildman–Crippen MR) is 73.0 cm³/mol. The molecule has 1 aromatic heterocycles. The molecule has 3 nitrogen and oxygen atoms in total. The molecule has 0 radical (unpaired) electrons. The first-order valence-electron chi connectivity index (χ1n) is 6.65. The van der Waals surface area contributed by atoms with Crippen LogP contribution in [0.25, 0.3) is 5.69 Å². The topological polar surface area (TPSA) is 29.9 Å². The minimum absolute atomic E-state index is 0.639. The number of benzene rings is 1. The van der Waals surface area contributed by atoms with Crippen molar-refractivity contribution in [2.45, 2.75) is 32.2 Å². The highest BCUT2D eigenvalue weighted by Crippen LogP contribution is 2.14. The molecule has 2 aromatic rings. The Bertz CT molecular complexity index is 524. The lowest BCUT2D eigenvalue weighted by atomic mass is 10.1. The van der Waals surface area contributed by atoms with Gasteiger partial charge in [0.2, 0.25) is 0 Å². The molecular formula is C15H19N3. The van der Waals surface area contributed by atoms with Gasteiger partial charge in [-0.25, -0.2) is 4.68 Å². The first-order valence-corrected chi connectivity index (χ1v) is 6.65. The minimum Gasteiger partial charge on any atom is -0.314 e. The Balaban J connectivity index is 1.76. The van der Waals surface area contributed by atoms with Crippen molar-refractivity contribution in [2.75, 3.05) is 6.54 Å². The molecule has 0 bridgehead atoms. The second-order valence-electron chi connectivity index (χ2n) is 5.13. The van der Waals surface area contributed by atoms with Gasteiger partial charge in [0.05, 0.1) is 11.9 Å². The fourth-order valence-corrected chi connectivity index (χ4v) is 2.59. The van der Waals surface area contributed by atoms with Crippen molar-refractivity contribution in [3.8, 4) is 5.69 Å². The highest BCUT2D eigenvalue weighted by Gasteiger charge is 2.15. The van der Waals surface area contributed by atoms with Crippen molar-refractivity contribution in [1.82, 2.24) is 15.1 Å². The molecule has 1 aliphatic rings. The quantitative estimate of drug-likeness (QED) is 0.894. The summed E-state index contributed by atoms with van der Waals surface area (Å²) < 4.78 is 1.97. The molecule has 1 saturated heterocycles. The van der Waals surface area contributed by atoms with E-state index in [9.17, 15) is 0 Å². The van der Waals surface area contributed by atoms with Crippen LogP contribution in [0.15, 0.2) is 36.7 Å². The highest BCUT2D eigenvalue weighted by atomic mass is 15.3. The van der Waals surface area contributed by atoms with Crippen molar-refractivity contribution in [1.29, 1.82) is 0 Å². The largest absolute Gasteiger partial charge is 0.314 e. The fourth-order valence-electron chi connectivity index (χ4n) is 2.59. The van der Waals surface area contributed by atoms with E-state index < -0.39 is 0 Å². The van der Waals surface area contributed by atoms with Gasteiger partial charge in [0.15, 0.2) is 0 Å². The van der Waals surface area contributed by atoms with Crippen LogP contribution < -0.4 is 5.32 Å². The van der Waals surface area contributed by atoms with Crippen molar-refractivity contribution in [2.24, 2.45) is 0 Å². The summed E-state index contributed by atoms with van der Waals surface area (Å²) in [6.07, 6.45) is 7.81. The molecule has 2 heterocycles. The van der Waals surface area contributed by atoms with Gasteiger partial charge in [0.25, 0.3) is 0 Å². The standard InChI is InChI=1S/C15H19N3/c1-12-4-2-6-15(8-12)18-11-13(10-17-18)9-14-5-3-7-16-14/h2,4,6,8,10-11,14,16H,3,5,7,9H2,1H3. The summed E-state index contributed by atoms with van der Waals surface area (Å²) >= 11 is 0. The Morgan fingerprint density at radius 2 is 2.39 bits per heavy atom. The zero-order chi connectivity index (χ0) is 12.4. The molecule has 3 heteroatoms. The second kappa shape index (κ2) is 4.94. The SMILES string of the molecule is Cc1cccc(-n2cc(CC3CCCN3)cn2)c1. The molecule has 18 heavy (non-hydrogen) atoms. The molecule has 0 saturated carbocycles. The van der Waals surface area contributed by atoms with Crippen molar-refractivity contribution in [3.63, 3.8) is 0 Å². The summed E-state index contributed by atoms with van der Waals surface area (Å²) in [5, 5.41) is 7.98. The molecule has 1 aliphatic heterocycles. The Kier molecular flexibility index (Phi) is 3.15. The van der Waals surface area contributed by atoms with Gasteiger partial charge in [0.1, 0.15) is 0 Å². The van der Waals surface area contributed by atoms with Crippen LogP contribution in [0.4, 0.5) is 0 Å². The first kappa shape index (κ1) is 11.5. The summed E-state index contributed by atoms with van der Waals surface area (Å²) in [5.74, 6) is 0. The van der Waals surface area contributed by atoms with Crippen molar-refractivity contribution < 1.29 is 0 Å². The molecule has 3 rings (SSSR count).